The standard InChI is InChI=1S/C12H18FN5/c13-10-7-15-12(14)16-11(10)18-6-5-17-4-2-1-3-9(17)8-18/h7,9H,1-6,8H2,(H2,14,15,16). The molecule has 2 fully saturated rings. The Morgan fingerprint density at radius 2 is 2.17 bits per heavy atom. The molecule has 1 aromatic rings. The van der Waals surface area contributed by atoms with Crippen molar-refractivity contribution in [2.24, 2.45) is 0 Å². The van der Waals surface area contributed by atoms with Gasteiger partial charge >= 0.3 is 0 Å². The number of piperazine rings is 1. The van der Waals surface area contributed by atoms with Crippen LogP contribution in [0.3, 0.4) is 0 Å². The van der Waals surface area contributed by atoms with Crippen molar-refractivity contribution >= 4 is 11.8 Å². The van der Waals surface area contributed by atoms with Crippen LogP contribution < -0.4 is 10.6 Å². The average molecular weight is 251 g/mol. The van der Waals surface area contributed by atoms with Crippen LogP contribution in [0, 0.1) is 5.82 Å². The summed E-state index contributed by atoms with van der Waals surface area (Å²) in [7, 11) is 0. The molecule has 0 aromatic carbocycles. The molecule has 2 N–H and O–H groups in total. The third kappa shape index (κ3) is 2.12. The topological polar surface area (TPSA) is 58.3 Å². The predicted octanol–water partition coefficient (Wildman–Crippen LogP) is 0.872. The maximum atomic E-state index is 13.7. The average Bonchev–Trinajstić information content (AvgIpc) is 2.41. The van der Waals surface area contributed by atoms with Crippen molar-refractivity contribution in [2.75, 3.05) is 36.8 Å². The summed E-state index contributed by atoms with van der Waals surface area (Å²) in [5.41, 5.74) is 5.54. The van der Waals surface area contributed by atoms with Crippen molar-refractivity contribution in [3.05, 3.63) is 12.0 Å². The van der Waals surface area contributed by atoms with Gasteiger partial charge in [-0.05, 0) is 19.4 Å². The number of fused-ring (bicyclic) bond motifs is 1. The van der Waals surface area contributed by atoms with Gasteiger partial charge in [0.1, 0.15) is 0 Å². The maximum absolute atomic E-state index is 13.7. The highest BCUT2D eigenvalue weighted by Crippen LogP contribution is 2.25. The number of piperidine rings is 1. The first kappa shape index (κ1) is 11.6. The minimum Gasteiger partial charge on any atom is -0.368 e. The lowest BCUT2D eigenvalue weighted by Gasteiger charge is -2.44. The molecule has 1 unspecified atom stereocenters. The van der Waals surface area contributed by atoms with Crippen LogP contribution in [-0.4, -0.2) is 47.1 Å². The highest BCUT2D eigenvalue weighted by molar-refractivity contribution is 5.43. The Labute approximate surface area is 106 Å². The molecular formula is C12H18FN5. The van der Waals surface area contributed by atoms with Crippen LogP contribution >= 0.6 is 0 Å². The molecule has 0 saturated carbocycles. The van der Waals surface area contributed by atoms with Crippen LogP contribution in [0.25, 0.3) is 0 Å². The number of rotatable bonds is 1. The van der Waals surface area contributed by atoms with E-state index in [9.17, 15) is 4.39 Å². The molecule has 0 bridgehead atoms. The van der Waals surface area contributed by atoms with Gasteiger partial charge < -0.3 is 10.6 Å². The second kappa shape index (κ2) is 4.68. The molecule has 0 radical (unpaired) electrons. The summed E-state index contributed by atoms with van der Waals surface area (Å²) in [6.07, 6.45) is 4.90. The van der Waals surface area contributed by atoms with E-state index < -0.39 is 0 Å². The molecule has 6 heteroatoms. The van der Waals surface area contributed by atoms with E-state index in [1.54, 1.807) is 0 Å². The Morgan fingerprint density at radius 3 is 3.06 bits per heavy atom. The molecule has 3 rings (SSSR count). The summed E-state index contributed by atoms with van der Waals surface area (Å²) in [6, 6.07) is 0.531. The molecule has 5 nitrogen and oxygen atoms in total. The molecule has 2 aliphatic rings. The minimum absolute atomic E-state index is 0.137. The molecule has 98 valence electrons. The summed E-state index contributed by atoms with van der Waals surface area (Å²) in [4.78, 5) is 12.2. The van der Waals surface area contributed by atoms with E-state index >= 15 is 0 Å². The zero-order valence-electron chi connectivity index (χ0n) is 10.3. The lowest BCUT2D eigenvalue weighted by Crippen LogP contribution is -2.55. The highest BCUT2D eigenvalue weighted by Gasteiger charge is 2.30. The normalized spacial score (nSPS) is 24.9. The van der Waals surface area contributed by atoms with Crippen LogP contribution in [0.1, 0.15) is 19.3 Å². The van der Waals surface area contributed by atoms with E-state index in [0.717, 1.165) is 25.8 Å². The van der Waals surface area contributed by atoms with E-state index in [1.807, 2.05) is 4.90 Å². The largest absolute Gasteiger partial charge is 0.368 e. The molecule has 2 saturated heterocycles. The molecule has 0 aliphatic carbocycles. The van der Waals surface area contributed by atoms with E-state index in [2.05, 4.69) is 14.9 Å². The van der Waals surface area contributed by atoms with E-state index in [0.29, 0.717) is 11.9 Å². The van der Waals surface area contributed by atoms with E-state index in [1.165, 1.54) is 25.8 Å². The van der Waals surface area contributed by atoms with Gasteiger partial charge in [-0.25, -0.2) is 9.37 Å². The molecule has 18 heavy (non-hydrogen) atoms. The summed E-state index contributed by atoms with van der Waals surface area (Å²) in [6.45, 7) is 3.80. The van der Waals surface area contributed by atoms with Crippen molar-refractivity contribution in [1.82, 2.24) is 14.9 Å². The summed E-state index contributed by atoms with van der Waals surface area (Å²) in [5, 5.41) is 0. The Morgan fingerprint density at radius 1 is 1.28 bits per heavy atom. The lowest BCUT2D eigenvalue weighted by atomic mass is 9.99. The van der Waals surface area contributed by atoms with Crippen LogP contribution in [0.15, 0.2) is 6.20 Å². The number of halogens is 1. The number of nitrogens with zero attached hydrogens (tertiary/aromatic N) is 4. The molecule has 3 heterocycles. The smallest absolute Gasteiger partial charge is 0.222 e. The Bertz CT molecular complexity index is 438. The third-order valence-corrected chi connectivity index (χ3v) is 3.88. The van der Waals surface area contributed by atoms with Crippen molar-refractivity contribution in [3.8, 4) is 0 Å². The second-order valence-electron chi connectivity index (χ2n) is 5.03. The van der Waals surface area contributed by atoms with Crippen LogP contribution in [-0.2, 0) is 0 Å². The zero-order chi connectivity index (χ0) is 12.5. The number of nitrogen functional groups attached to an aromatic ring is 1. The zero-order valence-corrected chi connectivity index (χ0v) is 10.3. The Balaban J connectivity index is 1.79. The van der Waals surface area contributed by atoms with Gasteiger partial charge in [0, 0.05) is 25.7 Å². The SMILES string of the molecule is Nc1ncc(F)c(N2CCN3CCCCC3C2)n1. The van der Waals surface area contributed by atoms with Gasteiger partial charge in [0.05, 0.1) is 6.20 Å². The van der Waals surface area contributed by atoms with Gasteiger partial charge in [-0.15, -0.1) is 0 Å². The molecule has 1 atom stereocenters. The first-order chi connectivity index (χ1) is 8.74. The summed E-state index contributed by atoms with van der Waals surface area (Å²) in [5.74, 6) is 0.110. The van der Waals surface area contributed by atoms with Gasteiger partial charge in [0.25, 0.3) is 0 Å². The molecule has 0 amide bonds. The number of anilines is 2. The Kier molecular flexibility index (Phi) is 3.03. The van der Waals surface area contributed by atoms with Gasteiger partial charge in [-0.2, -0.15) is 4.98 Å². The maximum Gasteiger partial charge on any atom is 0.222 e. The molecule has 0 spiro atoms. The van der Waals surface area contributed by atoms with Crippen molar-refractivity contribution in [3.63, 3.8) is 0 Å². The van der Waals surface area contributed by atoms with Gasteiger partial charge in [-0.1, -0.05) is 6.42 Å². The second-order valence-corrected chi connectivity index (χ2v) is 5.03. The van der Waals surface area contributed by atoms with Crippen molar-refractivity contribution in [2.45, 2.75) is 25.3 Å². The van der Waals surface area contributed by atoms with Gasteiger partial charge in [0.2, 0.25) is 5.95 Å². The van der Waals surface area contributed by atoms with Gasteiger partial charge in [0.15, 0.2) is 11.6 Å². The fourth-order valence-electron chi connectivity index (χ4n) is 2.94. The monoisotopic (exact) mass is 251 g/mol. The quantitative estimate of drug-likeness (QED) is 0.802. The number of aromatic nitrogens is 2. The first-order valence-electron chi connectivity index (χ1n) is 6.51. The highest BCUT2D eigenvalue weighted by atomic mass is 19.1. The lowest BCUT2D eigenvalue weighted by molar-refractivity contribution is 0.133. The fraction of sp³-hybridized carbons (Fsp3) is 0.667. The van der Waals surface area contributed by atoms with Crippen molar-refractivity contribution in [1.29, 1.82) is 0 Å². The van der Waals surface area contributed by atoms with Crippen LogP contribution in [0.4, 0.5) is 16.2 Å². The van der Waals surface area contributed by atoms with E-state index in [-0.39, 0.29) is 11.8 Å². The molecular weight excluding hydrogens is 233 g/mol. The predicted molar refractivity (Wildman–Crippen MR) is 67.8 cm³/mol. The number of hydrogen-bond acceptors (Lipinski definition) is 5. The van der Waals surface area contributed by atoms with Crippen LogP contribution in [0.5, 0.6) is 0 Å². The minimum atomic E-state index is -0.381. The van der Waals surface area contributed by atoms with Gasteiger partial charge in [-0.3, -0.25) is 4.90 Å². The van der Waals surface area contributed by atoms with E-state index in [4.69, 9.17) is 5.73 Å². The third-order valence-electron chi connectivity index (χ3n) is 3.88. The first-order valence-corrected chi connectivity index (χ1v) is 6.51. The number of nitrogens with two attached hydrogens (primary N) is 1. The van der Waals surface area contributed by atoms with Crippen molar-refractivity contribution < 1.29 is 4.39 Å². The van der Waals surface area contributed by atoms with Crippen LogP contribution in [0.2, 0.25) is 0 Å². The summed E-state index contributed by atoms with van der Waals surface area (Å²) < 4.78 is 13.7. The summed E-state index contributed by atoms with van der Waals surface area (Å²) >= 11 is 0. The molecule has 1 aromatic heterocycles. The Hall–Kier alpha value is -1.43. The fourth-order valence-corrected chi connectivity index (χ4v) is 2.94. The number of hydrogen-bond donors (Lipinski definition) is 1. The molecule has 2 aliphatic heterocycles.